The van der Waals surface area contributed by atoms with E-state index in [1.807, 2.05) is 18.2 Å². The summed E-state index contributed by atoms with van der Waals surface area (Å²) in [7, 11) is 3.23. The van der Waals surface area contributed by atoms with Crippen LogP contribution in [0.25, 0.3) is 0 Å². The standard InChI is InChI=1S/C10H16N2O2/c1-13-9-5-3-4-8(10(9)14-2)12-7-6-11/h3-5,12H,6-7,11H2,1-2H3. The first-order valence-electron chi connectivity index (χ1n) is 4.48. The topological polar surface area (TPSA) is 56.5 Å². The second kappa shape index (κ2) is 5.34. The lowest BCUT2D eigenvalue weighted by atomic mass is 10.2. The number of rotatable bonds is 5. The number of methoxy groups -OCH3 is 2. The van der Waals surface area contributed by atoms with Gasteiger partial charge in [-0.15, -0.1) is 0 Å². The zero-order valence-corrected chi connectivity index (χ0v) is 8.54. The van der Waals surface area contributed by atoms with Crippen molar-refractivity contribution in [3.05, 3.63) is 18.2 Å². The van der Waals surface area contributed by atoms with Crippen LogP contribution >= 0.6 is 0 Å². The van der Waals surface area contributed by atoms with E-state index in [0.29, 0.717) is 18.8 Å². The van der Waals surface area contributed by atoms with Crippen molar-refractivity contribution >= 4 is 5.69 Å². The molecule has 0 saturated carbocycles. The summed E-state index contributed by atoms with van der Waals surface area (Å²) in [5, 5.41) is 3.16. The summed E-state index contributed by atoms with van der Waals surface area (Å²) in [6.07, 6.45) is 0. The third-order valence-corrected chi connectivity index (χ3v) is 1.86. The Hall–Kier alpha value is -1.42. The van der Waals surface area contributed by atoms with Crippen molar-refractivity contribution in [2.45, 2.75) is 0 Å². The summed E-state index contributed by atoms with van der Waals surface area (Å²) < 4.78 is 10.4. The first kappa shape index (κ1) is 10.7. The van der Waals surface area contributed by atoms with E-state index in [1.54, 1.807) is 14.2 Å². The number of nitrogens with two attached hydrogens (primary N) is 1. The van der Waals surface area contributed by atoms with Crippen LogP contribution in [0.5, 0.6) is 11.5 Å². The van der Waals surface area contributed by atoms with Crippen molar-refractivity contribution in [1.29, 1.82) is 0 Å². The molecule has 14 heavy (non-hydrogen) atoms. The molecule has 0 bridgehead atoms. The van der Waals surface area contributed by atoms with E-state index in [2.05, 4.69) is 5.32 Å². The molecule has 0 saturated heterocycles. The molecule has 0 atom stereocenters. The fraction of sp³-hybridized carbons (Fsp3) is 0.400. The van der Waals surface area contributed by atoms with Crippen LogP contribution in [0, 0.1) is 0 Å². The van der Waals surface area contributed by atoms with E-state index < -0.39 is 0 Å². The summed E-state index contributed by atoms with van der Waals surface area (Å²) in [4.78, 5) is 0. The second-order valence-electron chi connectivity index (χ2n) is 2.76. The van der Waals surface area contributed by atoms with Gasteiger partial charge in [0, 0.05) is 13.1 Å². The third kappa shape index (κ3) is 2.29. The van der Waals surface area contributed by atoms with Gasteiger partial charge in [0.15, 0.2) is 11.5 Å². The highest BCUT2D eigenvalue weighted by Crippen LogP contribution is 2.34. The maximum Gasteiger partial charge on any atom is 0.183 e. The molecule has 0 radical (unpaired) electrons. The Morgan fingerprint density at radius 3 is 2.64 bits per heavy atom. The zero-order valence-electron chi connectivity index (χ0n) is 8.54. The van der Waals surface area contributed by atoms with Crippen LogP contribution in [0.1, 0.15) is 0 Å². The molecule has 1 rings (SSSR count). The second-order valence-corrected chi connectivity index (χ2v) is 2.76. The van der Waals surface area contributed by atoms with Crippen molar-refractivity contribution < 1.29 is 9.47 Å². The van der Waals surface area contributed by atoms with Crippen LogP contribution in [0.15, 0.2) is 18.2 Å². The Balaban J connectivity index is 2.90. The normalized spacial score (nSPS) is 9.64. The molecule has 78 valence electrons. The van der Waals surface area contributed by atoms with Crippen LogP contribution in [0.2, 0.25) is 0 Å². The molecular formula is C10H16N2O2. The van der Waals surface area contributed by atoms with E-state index in [4.69, 9.17) is 15.2 Å². The Bertz CT molecular complexity index is 289. The highest BCUT2D eigenvalue weighted by molar-refractivity contribution is 5.63. The molecule has 0 aromatic heterocycles. The van der Waals surface area contributed by atoms with Crippen LogP contribution in [-0.2, 0) is 0 Å². The number of ether oxygens (including phenoxy) is 2. The lowest BCUT2D eigenvalue weighted by Crippen LogP contribution is -2.13. The van der Waals surface area contributed by atoms with Gasteiger partial charge in [-0.25, -0.2) is 0 Å². The Morgan fingerprint density at radius 1 is 1.29 bits per heavy atom. The molecule has 3 N–H and O–H groups in total. The smallest absolute Gasteiger partial charge is 0.183 e. The SMILES string of the molecule is COc1cccc(NCCN)c1OC. The molecule has 0 unspecified atom stereocenters. The minimum absolute atomic E-state index is 0.584. The van der Waals surface area contributed by atoms with E-state index in [0.717, 1.165) is 11.4 Å². The van der Waals surface area contributed by atoms with Gasteiger partial charge in [0.1, 0.15) is 0 Å². The molecule has 4 heteroatoms. The quantitative estimate of drug-likeness (QED) is 0.739. The summed E-state index contributed by atoms with van der Waals surface area (Å²) in [5.74, 6) is 1.43. The molecule has 0 fully saturated rings. The van der Waals surface area contributed by atoms with Gasteiger partial charge in [-0.3, -0.25) is 0 Å². The Labute approximate surface area is 84.0 Å². The molecule has 0 heterocycles. The fourth-order valence-electron chi connectivity index (χ4n) is 1.23. The first-order valence-corrected chi connectivity index (χ1v) is 4.48. The van der Waals surface area contributed by atoms with Crippen LogP contribution in [0.3, 0.4) is 0 Å². The Morgan fingerprint density at radius 2 is 2.07 bits per heavy atom. The van der Waals surface area contributed by atoms with E-state index in [9.17, 15) is 0 Å². The van der Waals surface area contributed by atoms with Crippen LogP contribution in [-0.4, -0.2) is 27.3 Å². The van der Waals surface area contributed by atoms with E-state index >= 15 is 0 Å². The molecule has 0 amide bonds. The van der Waals surface area contributed by atoms with Gasteiger partial charge in [-0.05, 0) is 12.1 Å². The van der Waals surface area contributed by atoms with E-state index in [-0.39, 0.29) is 0 Å². The molecule has 0 aliphatic rings. The van der Waals surface area contributed by atoms with Crippen molar-refractivity contribution in [1.82, 2.24) is 0 Å². The molecular weight excluding hydrogens is 180 g/mol. The summed E-state index contributed by atoms with van der Waals surface area (Å²) in [5.41, 5.74) is 6.30. The third-order valence-electron chi connectivity index (χ3n) is 1.86. The molecule has 1 aromatic rings. The Kier molecular flexibility index (Phi) is 4.07. The average molecular weight is 196 g/mol. The lowest BCUT2D eigenvalue weighted by Gasteiger charge is -2.13. The summed E-state index contributed by atoms with van der Waals surface area (Å²) in [6, 6.07) is 5.68. The van der Waals surface area contributed by atoms with Gasteiger partial charge in [0.25, 0.3) is 0 Å². The average Bonchev–Trinajstić information content (AvgIpc) is 2.25. The number of anilines is 1. The van der Waals surface area contributed by atoms with Crippen molar-refractivity contribution in [3.8, 4) is 11.5 Å². The van der Waals surface area contributed by atoms with E-state index in [1.165, 1.54) is 0 Å². The van der Waals surface area contributed by atoms with Crippen molar-refractivity contribution in [3.63, 3.8) is 0 Å². The first-order chi connectivity index (χ1) is 6.83. The highest BCUT2D eigenvalue weighted by Gasteiger charge is 2.07. The maximum absolute atomic E-state index is 5.40. The number of hydrogen-bond acceptors (Lipinski definition) is 4. The molecule has 0 aliphatic heterocycles. The van der Waals surface area contributed by atoms with Gasteiger partial charge in [0.05, 0.1) is 19.9 Å². The van der Waals surface area contributed by atoms with Gasteiger partial charge in [-0.2, -0.15) is 0 Å². The highest BCUT2D eigenvalue weighted by atomic mass is 16.5. The number of nitrogens with one attached hydrogen (secondary N) is 1. The largest absolute Gasteiger partial charge is 0.493 e. The van der Waals surface area contributed by atoms with Gasteiger partial charge in [-0.1, -0.05) is 6.07 Å². The lowest BCUT2D eigenvalue weighted by molar-refractivity contribution is 0.356. The minimum Gasteiger partial charge on any atom is -0.493 e. The van der Waals surface area contributed by atoms with Gasteiger partial charge < -0.3 is 20.5 Å². The van der Waals surface area contributed by atoms with Crippen molar-refractivity contribution in [2.75, 3.05) is 32.6 Å². The zero-order chi connectivity index (χ0) is 10.4. The van der Waals surface area contributed by atoms with Crippen molar-refractivity contribution in [2.24, 2.45) is 5.73 Å². The predicted molar refractivity (Wildman–Crippen MR) is 57.1 cm³/mol. The van der Waals surface area contributed by atoms with Gasteiger partial charge >= 0.3 is 0 Å². The summed E-state index contributed by atoms with van der Waals surface area (Å²) >= 11 is 0. The predicted octanol–water partition coefficient (Wildman–Crippen LogP) is 1.07. The number of benzene rings is 1. The minimum atomic E-state index is 0.584. The molecule has 0 spiro atoms. The monoisotopic (exact) mass is 196 g/mol. The number of hydrogen-bond donors (Lipinski definition) is 2. The number of para-hydroxylation sites is 1. The molecule has 1 aromatic carbocycles. The summed E-state index contributed by atoms with van der Waals surface area (Å²) in [6.45, 7) is 1.30. The molecule has 0 aliphatic carbocycles. The van der Waals surface area contributed by atoms with Gasteiger partial charge in [0.2, 0.25) is 0 Å². The fourth-order valence-corrected chi connectivity index (χ4v) is 1.23. The van der Waals surface area contributed by atoms with Crippen LogP contribution < -0.4 is 20.5 Å². The maximum atomic E-state index is 5.40. The van der Waals surface area contributed by atoms with Crippen LogP contribution in [0.4, 0.5) is 5.69 Å². The molecule has 4 nitrogen and oxygen atoms in total.